The molecule has 0 radical (unpaired) electrons. The highest BCUT2D eigenvalue weighted by Crippen LogP contribution is 2.54. The number of benzene rings is 3. The third-order valence-electron chi connectivity index (χ3n) is 9.04. The van der Waals surface area contributed by atoms with Crippen LogP contribution in [0.2, 0.25) is 5.02 Å². The number of carbonyl (C=O) groups excluding carboxylic acids is 2. The number of anilines is 2. The maximum Gasteiger partial charge on any atom is 0.274 e. The Bertz CT molecular complexity index is 1980. The normalized spacial score (nSPS) is 17.7. The molecule has 0 saturated carbocycles. The lowest BCUT2D eigenvalue weighted by Gasteiger charge is -2.38. The Morgan fingerprint density at radius 3 is 2.23 bits per heavy atom. The van der Waals surface area contributed by atoms with Gasteiger partial charge in [-0.1, -0.05) is 29.8 Å². The Kier molecular flexibility index (Phi) is 8.97. The number of hydrogen-bond donors (Lipinski definition) is 0. The molecule has 1 aromatic heterocycles. The van der Waals surface area contributed by atoms with E-state index in [-0.39, 0.29) is 34.2 Å². The highest BCUT2D eigenvalue weighted by Gasteiger charge is 2.58. The molecular weight excluding hydrogens is 656 g/mol. The third-order valence-corrected chi connectivity index (χ3v) is 11.2. The smallest absolute Gasteiger partial charge is 0.274 e. The molecule has 0 bridgehead atoms. The number of piperazine rings is 1. The van der Waals surface area contributed by atoms with Crippen molar-refractivity contribution in [2.45, 2.75) is 23.7 Å². The molecule has 2 aliphatic heterocycles. The van der Waals surface area contributed by atoms with Crippen molar-refractivity contribution in [3.05, 3.63) is 101 Å². The molecule has 1 saturated heterocycles. The predicted octanol–water partition coefficient (Wildman–Crippen LogP) is 4.83. The Balaban J connectivity index is 1.49. The van der Waals surface area contributed by atoms with Gasteiger partial charge in [0.2, 0.25) is 5.91 Å². The minimum absolute atomic E-state index is 0.00711. The molecular formula is C35H35ClN4O7S. The lowest BCUT2D eigenvalue weighted by Crippen LogP contribution is -2.52. The standard InChI is InChI=1S/C35H35ClN4O7S/c1-23-19-29-27(21-28(23)36)35(26-7-5-6-8-30(26)46-3,22-33(41)39-17-15-38(16-18-39)24-11-13-37-14-12-24)34(42)40(29)48(43,44)32-10-9-25(45-2)20-31(32)47-4/h5-14,19-21H,15-18,22H2,1-4H3. The molecule has 6 rings (SSSR count). The number of amides is 2. The summed E-state index contributed by atoms with van der Waals surface area (Å²) >= 11 is 6.70. The van der Waals surface area contributed by atoms with Gasteiger partial charge in [0.25, 0.3) is 15.9 Å². The van der Waals surface area contributed by atoms with Gasteiger partial charge in [0.1, 0.15) is 27.6 Å². The van der Waals surface area contributed by atoms with Crippen molar-refractivity contribution >= 4 is 44.8 Å². The van der Waals surface area contributed by atoms with Crippen molar-refractivity contribution < 1.29 is 32.2 Å². The first-order valence-electron chi connectivity index (χ1n) is 15.3. The van der Waals surface area contributed by atoms with Gasteiger partial charge >= 0.3 is 0 Å². The van der Waals surface area contributed by atoms with E-state index >= 15 is 4.79 Å². The minimum atomic E-state index is -4.61. The van der Waals surface area contributed by atoms with Gasteiger partial charge in [0, 0.05) is 67.3 Å². The van der Waals surface area contributed by atoms with Crippen LogP contribution in [0.15, 0.2) is 84.0 Å². The summed E-state index contributed by atoms with van der Waals surface area (Å²) in [6.07, 6.45) is 3.09. The molecule has 3 aromatic carbocycles. The number of carbonyl (C=O) groups is 2. The predicted molar refractivity (Wildman–Crippen MR) is 182 cm³/mol. The fraction of sp³-hybridized carbons (Fsp3) is 0.286. The van der Waals surface area contributed by atoms with Crippen LogP contribution in [-0.4, -0.2) is 77.6 Å². The average Bonchev–Trinajstić information content (AvgIpc) is 3.35. The largest absolute Gasteiger partial charge is 0.497 e. The van der Waals surface area contributed by atoms with E-state index < -0.39 is 21.3 Å². The highest BCUT2D eigenvalue weighted by molar-refractivity contribution is 7.93. The van der Waals surface area contributed by atoms with Crippen LogP contribution in [0.4, 0.5) is 11.4 Å². The van der Waals surface area contributed by atoms with E-state index in [1.165, 1.54) is 39.5 Å². The summed E-state index contributed by atoms with van der Waals surface area (Å²) in [4.78, 5) is 37.2. The van der Waals surface area contributed by atoms with Crippen molar-refractivity contribution in [1.29, 1.82) is 0 Å². The second kappa shape index (κ2) is 13.0. The van der Waals surface area contributed by atoms with Gasteiger partial charge in [-0.3, -0.25) is 14.6 Å². The molecule has 0 aliphatic carbocycles. The summed E-state index contributed by atoms with van der Waals surface area (Å²) in [6, 6.07) is 18.1. The molecule has 11 nitrogen and oxygen atoms in total. The first-order valence-corrected chi connectivity index (χ1v) is 17.1. The lowest BCUT2D eigenvalue weighted by molar-refractivity contribution is -0.135. The van der Waals surface area contributed by atoms with Gasteiger partial charge in [0.05, 0.1) is 27.0 Å². The zero-order valence-electron chi connectivity index (χ0n) is 27.0. The molecule has 0 N–H and O–H groups in total. The quantitative estimate of drug-likeness (QED) is 0.243. The van der Waals surface area contributed by atoms with E-state index in [9.17, 15) is 13.2 Å². The van der Waals surface area contributed by atoms with Crippen molar-refractivity contribution in [2.24, 2.45) is 0 Å². The van der Waals surface area contributed by atoms with E-state index in [4.69, 9.17) is 25.8 Å². The average molecular weight is 691 g/mol. The summed E-state index contributed by atoms with van der Waals surface area (Å²) in [5.41, 5.74) is 0.489. The second-order valence-electron chi connectivity index (χ2n) is 11.6. The van der Waals surface area contributed by atoms with E-state index in [2.05, 4.69) is 9.88 Å². The Morgan fingerprint density at radius 2 is 1.56 bits per heavy atom. The molecule has 250 valence electrons. The fourth-order valence-electron chi connectivity index (χ4n) is 6.53. The molecule has 4 aromatic rings. The molecule has 0 spiro atoms. The monoisotopic (exact) mass is 690 g/mol. The van der Waals surface area contributed by atoms with Crippen LogP contribution < -0.4 is 23.4 Å². The number of aryl methyl sites for hydroxylation is 1. The maximum absolute atomic E-state index is 15.2. The van der Waals surface area contributed by atoms with Crippen molar-refractivity contribution in [1.82, 2.24) is 9.88 Å². The lowest BCUT2D eigenvalue weighted by atomic mass is 9.72. The summed E-state index contributed by atoms with van der Waals surface area (Å²) in [6.45, 7) is 3.69. The summed E-state index contributed by atoms with van der Waals surface area (Å²) in [7, 11) is -0.360. The maximum atomic E-state index is 15.2. The summed E-state index contributed by atoms with van der Waals surface area (Å²) < 4.78 is 46.5. The number of fused-ring (bicyclic) bond motifs is 1. The van der Waals surface area contributed by atoms with Crippen LogP contribution in [-0.2, 0) is 25.0 Å². The van der Waals surface area contributed by atoms with Gasteiger partial charge in [-0.2, -0.15) is 0 Å². The first-order chi connectivity index (χ1) is 23.1. The SMILES string of the molecule is COc1ccc(S(=O)(=O)N2C(=O)C(CC(=O)N3CCN(c4ccncc4)CC3)(c3ccccc3OC)c3cc(Cl)c(C)cc32)c(OC)c1. The van der Waals surface area contributed by atoms with E-state index in [1.807, 2.05) is 12.1 Å². The highest BCUT2D eigenvalue weighted by atomic mass is 35.5. The summed E-state index contributed by atoms with van der Waals surface area (Å²) in [5.74, 6) is -0.449. The number of rotatable bonds is 9. The van der Waals surface area contributed by atoms with Gasteiger partial charge in [-0.25, -0.2) is 12.7 Å². The van der Waals surface area contributed by atoms with E-state index in [0.29, 0.717) is 53.8 Å². The van der Waals surface area contributed by atoms with Crippen molar-refractivity contribution in [3.63, 3.8) is 0 Å². The molecule has 1 fully saturated rings. The van der Waals surface area contributed by atoms with E-state index in [1.54, 1.807) is 60.6 Å². The molecule has 13 heteroatoms. The molecule has 2 aliphatic rings. The van der Waals surface area contributed by atoms with Gasteiger partial charge in [-0.15, -0.1) is 0 Å². The number of sulfonamides is 1. The topological polar surface area (TPSA) is 119 Å². The number of ether oxygens (including phenoxy) is 3. The van der Waals surface area contributed by atoms with Crippen LogP contribution >= 0.6 is 11.6 Å². The number of para-hydroxylation sites is 1. The van der Waals surface area contributed by atoms with Crippen LogP contribution in [0.3, 0.4) is 0 Å². The van der Waals surface area contributed by atoms with Gasteiger partial charge in [-0.05, 0) is 60.5 Å². The van der Waals surface area contributed by atoms with Gasteiger partial charge < -0.3 is 24.0 Å². The van der Waals surface area contributed by atoms with E-state index in [0.717, 1.165) is 9.99 Å². The Morgan fingerprint density at radius 1 is 0.875 bits per heavy atom. The molecule has 2 amide bonds. The molecule has 3 heterocycles. The Labute approximate surface area is 284 Å². The van der Waals surface area contributed by atoms with Crippen molar-refractivity contribution in [2.75, 3.05) is 56.7 Å². The number of hydrogen-bond acceptors (Lipinski definition) is 9. The van der Waals surface area contributed by atoms with Crippen LogP contribution in [0.5, 0.6) is 17.2 Å². The fourth-order valence-corrected chi connectivity index (χ4v) is 8.31. The summed E-state index contributed by atoms with van der Waals surface area (Å²) in [5, 5.41) is 0.320. The number of halogens is 1. The van der Waals surface area contributed by atoms with Crippen LogP contribution in [0.25, 0.3) is 0 Å². The van der Waals surface area contributed by atoms with Crippen LogP contribution in [0.1, 0.15) is 23.1 Å². The number of methoxy groups -OCH3 is 3. The molecule has 1 unspecified atom stereocenters. The van der Waals surface area contributed by atoms with Gasteiger partial charge in [0.15, 0.2) is 0 Å². The van der Waals surface area contributed by atoms with Crippen LogP contribution in [0, 0.1) is 6.92 Å². The number of pyridine rings is 1. The van der Waals surface area contributed by atoms with Crippen molar-refractivity contribution in [3.8, 4) is 17.2 Å². The second-order valence-corrected chi connectivity index (χ2v) is 13.7. The number of nitrogens with zero attached hydrogens (tertiary/aromatic N) is 4. The zero-order valence-corrected chi connectivity index (χ0v) is 28.5. The Hall–Kier alpha value is -4.81. The number of aromatic nitrogens is 1. The molecule has 1 atom stereocenters. The molecule has 48 heavy (non-hydrogen) atoms. The first kappa shape index (κ1) is 33.1. The minimum Gasteiger partial charge on any atom is -0.497 e. The third kappa shape index (κ3) is 5.48. The zero-order chi connectivity index (χ0) is 34.2.